The van der Waals surface area contributed by atoms with Crippen molar-refractivity contribution >= 4 is 54.3 Å². The van der Waals surface area contributed by atoms with Gasteiger partial charge < -0.3 is 4.42 Å². The highest BCUT2D eigenvalue weighted by Crippen LogP contribution is 2.42. The van der Waals surface area contributed by atoms with E-state index in [9.17, 15) is 0 Å². The van der Waals surface area contributed by atoms with Crippen molar-refractivity contribution in [2.45, 2.75) is 0 Å². The molecule has 1 aromatic heterocycles. The second-order valence-electron chi connectivity index (χ2n) is 9.71. The molecule has 0 spiro atoms. The van der Waals surface area contributed by atoms with Crippen LogP contribution in [0.15, 0.2) is 138 Å². The second kappa shape index (κ2) is 7.81. The third-order valence-corrected chi connectivity index (χ3v) is 7.67. The van der Waals surface area contributed by atoms with Crippen molar-refractivity contribution in [3.05, 3.63) is 133 Å². The number of para-hydroxylation sites is 1. The van der Waals surface area contributed by atoms with Gasteiger partial charge >= 0.3 is 0 Å². The van der Waals surface area contributed by atoms with E-state index >= 15 is 0 Å². The normalized spacial score (nSPS) is 11.8. The van der Waals surface area contributed by atoms with E-state index in [0.29, 0.717) is 0 Å². The Morgan fingerprint density at radius 3 is 1.62 bits per heavy atom. The van der Waals surface area contributed by atoms with Crippen LogP contribution in [-0.2, 0) is 0 Å². The third-order valence-electron chi connectivity index (χ3n) is 7.67. The molecular weight excluding hydrogens is 448 g/mol. The molecule has 8 rings (SSSR count). The minimum absolute atomic E-state index is 0.932. The molecule has 0 N–H and O–H groups in total. The molecule has 0 radical (unpaired) electrons. The Morgan fingerprint density at radius 2 is 0.838 bits per heavy atom. The van der Waals surface area contributed by atoms with Gasteiger partial charge in [-0.1, -0.05) is 115 Å². The van der Waals surface area contributed by atoms with Gasteiger partial charge in [0, 0.05) is 16.2 Å². The zero-order chi connectivity index (χ0) is 24.3. The summed E-state index contributed by atoms with van der Waals surface area (Å²) >= 11 is 0. The molecule has 0 aliphatic heterocycles. The first-order valence-electron chi connectivity index (χ1n) is 12.7. The summed E-state index contributed by atoms with van der Waals surface area (Å²) in [6.45, 7) is 0. The largest absolute Gasteiger partial charge is 0.455 e. The summed E-state index contributed by atoms with van der Waals surface area (Å²) in [6.07, 6.45) is 0. The standard InChI is InChI=1S/C36H22O/c1-2-8-23(9-3-1)24-14-16-25(17-15-24)26-18-19-31-33(22-26)28-11-5-4-10-27(28)30-20-21-32-29-12-6-7-13-34(29)37-36(32)35(30)31/h1-22H. The van der Waals surface area contributed by atoms with E-state index in [1.54, 1.807) is 0 Å². The topological polar surface area (TPSA) is 13.1 Å². The Labute approximate surface area is 214 Å². The van der Waals surface area contributed by atoms with E-state index in [-0.39, 0.29) is 0 Å². The van der Waals surface area contributed by atoms with Crippen molar-refractivity contribution in [3.8, 4) is 22.3 Å². The average molecular weight is 471 g/mol. The number of hydrogen-bond acceptors (Lipinski definition) is 1. The number of hydrogen-bond donors (Lipinski definition) is 0. The smallest absolute Gasteiger partial charge is 0.143 e. The zero-order valence-electron chi connectivity index (χ0n) is 20.1. The summed E-state index contributed by atoms with van der Waals surface area (Å²) in [7, 11) is 0. The Balaban J connectivity index is 1.41. The number of furan rings is 1. The average Bonchev–Trinajstić information content (AvgIpc) is 3.36. The molecule has 0 unspecified atom stereocenters. The molecule has 1 nitrogen and oxygen atoms in total. The fourth-order valence-electron chi connectivity index (χ4n) is 5.88. The van der Waals surface area contributed by atoms with Crippen molar-refractivity contribution in [3.63, 3.8) is 0 Å². The molecule has 0 aliphatic carbocycles. The molecule has 37 heavy (non-hydrogen) atoms. The molecular formula is C36H22O. The fraction of sp³-hybridized carbons (Fsp3) is 0. The van der Waals surface area contributed by atoms with Crippen LogP contribution in [0.2, 0.25) is 0 Å². The summed E-state index contributed by atoms with van der Waals surface area (Å²) in [6, 6.07) is 47.8. The lowest BCUT2D eigenvalue weighted by Crippen LogP contribution is -1.86. The van der Waals surface area contributed by atoms with E-state index in [0.717, 1.165) is 16.6 Å². The van der Waals surface area contributed by atoms with Crippen molar-refractivity contribution in [1.29, 1.82) is 0 Å². The minimum atomic E-state index is 0.932. The van der Waals surface area contributed by atoms with Gasteiger partial charge in [0.05, 0.1) is 0 Å². The molecule has 1 heteroatoms. The first-order valence-corrected chi connectivity index (χ1v) is 12.7. The van der Waals surface area contributed by atoms with Gasteiger partial charge in [-0.3, -0.25) is 0 Å². The lowest BCUT2D eigenvalue weighted by atomic mass is 9.91. The van der Waals surface area contributed by atoms with Crippen molar-refractivity contribution in [2.75, 3.05) is 0 Å². The Bertz CT molecular complexity index is 2110. The van der Waals surface area contributed by atoms with Gasteiger partial charge in [-0.15, -0.1) is 0 Å². The van der Waals surface area contributed by atoms with Crippen molar-refractivity contribution < 1.29 is 4.42 Å². The van der Waals surface area contributed by atoms with E-state index < -0.39 is 0 Å². The highest BCUT2D eigenvalue weighted by molar-refractivity contribution is 6.32. The molecule has 1 heterocycles. The van der Waals surface area contributed by atoms with Crippen LogP contribution >= 0.6 is 0 Å². The van der Waals surface area contributed by atoms with Gasteiger partial charge in [0.25, 0.3) is 0 Å². The highest BCUT2D eigenvalue weighted by atomic mass is 16.3. The van der Waals surface area contributed by atoms with Gasteiger partial charge in [0.2, 0.25) is 0 Å². The molecule has 0 fully saturated rings. The lowest BCUT2D eigenvalue weighted by molar-refractivity contribution is 0.673. The maximum Gasteiger partial charge on any atom is 0.143 e. The van der Waals surface area contributed by atoms with Gasteiger partial charge in [-0.05, 0) is 67.4 Å². The number of fused-ring (bicyclic) bond motifs is 10. The fourth-order valence-corrected chi connectivity index (χ4v) is 5.88. The highest BCUT2D eigenvalue weighted by Gasteiger charge is 2.16. The molecule has 0 amide bonds. The van der Waals surface area contributed by atoms with Crippen LogP contribution in [0.25, 0.3) is 76.5 Å². The summed E-state index contributed by atoms with van der Waals surface area (Å²) in [4.78, 5) is 0. The number of benzene rings is 7. The summed E-state index contributed by atoms with van der Waals surface area (Å²) in [5.41, 5.74) is 6.80. The first-order chi connectivity index (χ1) is 18.3. The molecule has 0 saturated heterocycles. The number of rotatable bonds is 2. The maximum absolute atomic E-state index is 6.49. The summed E-state index contributed by atoms with van der Waals surface area (Å²) in [5.74, 6) is 0. The summed E-state index contributed by atoms with van der Waals surface area (Å²) < 4.78 is 6.49. The molecule has 172 valence electrons. The van der Waals surface area contributed by atoms with Crippen LogP contribution in [0, 0.1) is 0 Å². The van der Waals surface area contributed by atoms with Gasteiger partial charge in [0.1, 0.15) is 11.2 Å². The lowest BCUT2D eigenvalue weighted by Gasteiger charge is -2.13. The molecule has 0 saturated carbocycles. The van der Waals surface area contributed by atoms with Crippen LogP contribution in [0.5, 0.6) is 0 Å². The van der Waals surface area contributed by atoms with Crippen LogP contribution in [0.3, 0.4) is 0 Å². The molecule has 7 aromatic carbocycles. The SMILES string of the molecule is c1ccc(-c2ccc(-c3ccc4c(c3)c3ccccc3c3ccc5c6ccccc6oc5c34)cc2)cc1. The maximum atomic E-state index is 6.49. The quantitative estimate of drug-likeness (QED) is 0.229. The Morgan fingerprint density at radius 1 is 0.324 bits per heavy atom. The third kappa shape index (κ3) is 3.04. The van der Waals surface area contributed by atoms with Crippen LogP contribution in [0.4, 0.5) is 0 Å². The van der Waals surface area contributed by atoms with Gasteiger partial charge in [-0.25, -0.2) is 0 Å². The van der Waals surface area contributed by atoms with E-state index in [1.165, 1.54) is 60.0 Å². The molecule has 8 aromatic rings. The first kappa shape index (κ1) is 20.3. The van der Waals surface area contributed by atoms with Crippen LogP contribution in [-0.4, -0.2) is 0 Å². The molecule has 0 atom stereocenters. The van der Waals surface area contributed by atoms with Crippen molar-refractivity contribution in [2.24, 2.45) is 0 Å². The van der Waals surface area contributed by atoms with Crippen LogP contribution < -0.4 is 0 Å². The van der Waals surface area contributed by atoms with E-state index in [1.807, 2.05) is 6.07 Å². The Hall–Kier alpha value is -4.88. The Kier molecular flexibility index (Phi) is 4.29. The zero-order valence-corrected chi connectivity index (χ0v) is 20.1. The van der Waals surface area contributed by atoms with Crippen LogP contribution in [0.1, 0.15) is 0 Å². The molecule has 0 bridgehead atoms. The molecule has 0 aliphatic rings. The van der Waals surface area contributed by atoms with E-state index in [2.05, 4.69) is 127 Å². The van der Waals surface area contributed by atoms with Gasteiger partial charge in [0.15, 0.2) is 0 Å². The predicted octanol–water partition coefficient (Wildman–Crippen LogP) is 10.4. The summed E-state index contributed by atoms with van der Waals surface area (Å²) in [5, 5.41) is 9.75. The predicted molar refractivity (Wildman–Crippen MR) is 157 cm³/mol. The monoisotopic (exact) mass is 470 g/mol. The van der Waals surface area contributed by atoms with Crippen molar-refractivity contribution in [1.82, 2.24) is 0 Å². The minimum Gasteiger partial charge on any atom is -0.455 e. The van der Waals surface area contributed by atoms with Gasteiger partial charge in [-0.2, -0.15) is 0 Å². The second-order valence-corrected chi connectivity index (χ2v) is 9.71. The van der Waals surface area contributed by atoms with E-state index in [4.69, 9.17) is 4.42 Å².